The summed E-state index contributed by atoms with van der Waals surface area (Å²) in [6, 6.07) is -0.175. The van der Waals surface area contributed by atoms with Crippen LogP contribution in [0, 0.1) is 0 Å². The highest BCUT2D eigenvalue weighted by Gasteiger charge is 2.38. The molecule has 1 aliphatic carbocycles. The van der Waals surface area contributed by atoms with Crippen molar-refractivity contribution in [2.75, 3.05) is 19.1 Å². The standard InChI is InChI=1S/C13H23N3O2S/c1-17-13(7-4-3-5-8-13)12-15-11(18-16-12)10(14)6-9-19-2/h10H,3-9,14H2,1-2H3. The monoisotopic (exact) mass is 285 g/mol. The molecule has 1 aromatic rings. The summed E-state index contributed by atoms with van der Waals surface area (Å²) in [5, 5.41) is 4.11. The van der Waals surface area contributed by atoms with Gasteiger partial charge in [0.25, 0.3) is 0 Å². The molecule has 1 heterocycles. The first-order chi connectivity index (χ1) is 9.22. The quantitative estimate of drug-likeness (QED) is 0.866. The van der Waals surface area contributed by atoms with Gasteiger partial charge >= 0.3 is 0 Å². The van der Waals surface area contributed by atoms with Gasteiger partial charge in [-0.25, -0.2) is 0 Å². The summed E-state index contributed by atoms with van der Waals surface area (Å²) in [6.07, 6.45) is 8.39. The van der Waals surface area contributed by atoms with E-state index in [0.29, 0.717) is 11.7 Å². The van der Waals surface area contributed by atoms with Gasteiger partial charge in [0.2, 0.25) is 11.7 Å². The number of methoxy groups -OCH3 is 1. The van der Waals surface area contributed by atoms with E-state index in [9.17, 15) is 0 Å². The fraction of sp³-hybridized carbons (Fsp3) is 0.846. The summed E-state index contributed by atoms with van der Waals surface area (Å²) in [6.45, 7) is 0. The molecule has 0 aromatic carbocycles. The maximum absolute atomic E-state index is 6.06. The predicted octanol–water partition coefficient (Wildman–Crippen LogP) is 2.63. The van der Waals surface area contributed by atoms with E-state index in [1.54, 1.807) is 18.9 Å². The van der Waals surface area contributed by atoms with Crippen molar-refractivity contribution < 1.29 is 9.26 Å². The average Bonchev–Trinajstić information content (AvgIpc) is 2.96. The molecule has 2 N–H and O–H groups in total. The molecule has 1 unspecified atom stereocenters. The number of nitrogens with zero attached hydrogens (tertiary/aromatic N) is 2. The third-order valence-electron chi connectivity index (χ3n) is 3.85. The van der Waals surface area contributed by atoms with Crippen molar-refractivity contribution in [3.8, 4) is 0 Å². The van der Waals surface area contributed by atoms with Crippen molar-refractivity contribution in [2.24, 2.45) is 5.73 Å². The van der Waals surface area contributed by atoms with E-state index in [0.717, 1.165) is 37.9 Å². The molecule has 0 bridgehead atoms. The van der Waals surface area contributed by atoms with Crippen LogP contribution in [0.5, 0.6) is 0 Å². The SMILES string of the molecule is COC1(c2noc(C(N)CCSC)n2)CCCCC1. The number of hydrogen-bond acceptors (Lipinski definition) is 6. The molecule has 108 valence electrons. The summed E-state index contributed by atoms with van der Waals surface area (Å²) < 4.78 is 11.0. The first kappa shape index (κ1) is 14.8. The lowest BCUT2D eigenvalue weighted by molar-refractivity contribution is -0.0527. The van der Waals surface area contributed by atoms with Crippen molar-refractivity contribution in [1.82, 2.24) is 10.1 Å². The normalized spacial score (nSPS) is 20.4. The van der Waals surface area contributed by atoms with Crippen molar-refractivity contribution >= 4 is 11.8 Å². The van der Waals surface area contributed by atoms with Crippen LogP contribution in [-0.2, 0) is 10.3 Å². The molecule has 1 atom stereocenters. The second kappa shape index (κ2) is 6.72. The van der Waals surface area contributed by atoms with Gasteiger partial charge in [-0.15, -0.1) is 0 Å². The molecule has 0 amide bonds. The van der Waals surface area contributed by atoms with Gasteiger partial charge < -0.3 is 15.0 Å². The van der Waals surface area contributed by atoms with E-state index in [1.165, 1.54) is 6.42 Å². The molecule has 0 spiro atoms. The fourth-order valence-electron chi connectivity index (χ4n) is 2.58. The zero-order valence-electron chi connectivity index (χ0n) is 11.7. The number of thioether (sulfide) groups is 1. The van der Waals surface area contributed by atoms with Crippen LogP contribution in [0.15, 0.2) is 4.52 Å². The van der Waals surface area contributed by atoms with Crippen LogP contribution in [-0.4, -0.2) is 29.3 Å². The summed E-state index contributed by atoms with van der Waals surface area (Å²) >= 11 is 1.77. The van der Waals surface area contributed by atoms with Crippen LogP contribution < -0.4 is 5.73 Å². The Bertz CT molecular complexity index is 391. The molecule has 0 saturated heterocycles. The molecular formula is C13H23N3O2S. The van der Waals surface area contributed by atoms with Gasteiger partial charge in [0.1, 0.15) is 5.60 Å². The molecular weight excluding hydrogens is 262 g/mol. The number of hydrogen-bond donors (Lipinski definition) is 1. The van der Waals surface area contributed by atoms with Gasteiger partial charge in [0.15, 0.2) is 0 Å². The molecule has 1 aromatic heterocycles. The van der Waals surface area contributed by atoms with Gasteiger partial charge in [-0.2, -0.15) is 16.7 Å². The van der Waals surface area contributed by atoms with Crippen LogP contribution in [0.2, 0.25) is 0 Å². The summed E-state index contributed by atoms with van der Waals surface area (Å²) in [5.41, 5.74) is 5.70. The Balaban J connectivity index is 2.10. The second-order valence-electron chi connectivity index (χ2n) is 5.10. The Kier molecular flexibility index (Phi) is 5.24. The number of nitrogens with two attached hydrogens (primary N) is 1. The van der Waals surface area contributed by atoms with Crippen molar-refractivity contribution in [3.63, 3.8) is 0 Å². The van der Waals surface area contributed by atoms with Crippen LogP contribution in [0.3, 0.4) is 0 Å². The number of ether oxygens (including phenoxy) is 1. The average molecular weight is 285 g/mol. The largest absolute Gasteiger partial charge is 0.370 e. The zero-order valence-corrected chi connectivity index (χ0v) is 12.5. The van der Waals surface area contributed by atoms with E-state index >= 15 is 0 Å². The van der Waals surface area contributed by atoms with Crippen molar-refractivity contribution in [1.29, 1.82) is 0 Å². The van der Waals surface area contributed by atoms with Crippen LogP contribution in [0.4, 0.5) is 0 Å². The number of aromatic nitrogens is 2. The fourth-order valence-corrected chi connectivity index (χ4v) is 3.07. The molecule has 5 nitrogen and oxygen atoms in total. The third kappa shape index (κ3) is 3.30. The van der Waals surface area contributed by atoms with Crippen LogP contribution in [0.25, 0.3) is 0 Å². The third-order valence-corrected chi connectivity index (χ3v) is 4.50. The smallest absolute Gasteiger partial charge is 0.243 e. The summed E-state index contributed by atoms with van der Waals surface area (Å²) in [7, 11) is 1.73. The minimum absolute atomic E-state index is 0.175. The first-order valence-electron chi connectivity index (χ1n) is 6.85. The highest BCUT2D eigenvalue weighted by atomic mass is 32.2. The van der Waals surface area contributed by atoms with Gasteiger partial charge in [-0.3, -0.25) is 0 Å². The van der Waals surface area contributed by atoms with Gasteiger partial charge in [0, 0.05) is 7.11 Å². The highest BCUT2D eigenvalue weighted by molar-refractivity contribution is 7.98. The molecule has 6 heteroatoms. The maximum atomic E-state index is 6.06. The topological polar surface area (TPSA) is 74.2 Å². The maximum Gasteiger partial charge on any atom is 0.243 e. The van der Waals surface area contributed by atoms with Gasteiger partial charge in [-0.05, 0) is 31.3 Å². The van der Waals surface area contributed by atoms with Gasteiger partial charge in [0.05, 0.1) is 6.04 Å². The van der Waals surface area contributed by atoms with E-state index in [1.807, 2.05) is 0 Å². The highest BCUT2D eigenvalue weighted by Crippen LogP contribution is 2.38. The molecule has 1 aliphatic rings. The predicted molar refractivity (Wildman–Crippen MR) is 76.0 cm³/mol. The zero-order chi connectivity index (χ0) is 13.7. The Morgan fingerprint density at radius 2 is 2.16 bits per heavy atom. The van der Waals surface area contributed by atoms with Crippen molar-refractivity contribution in [3.05, 3.63) is 11.7 Å². The lowest BCUT2D eigenvalue weighted by atomic mass is 9.84. The Morgan fingerprint density at radius 3 is 2.79 bits per heavy atom. The van der Waals surface area contributed by atoms with E-state index in [2.05, 4.69) is 16.4 Å². The Labute approximate surface area is 118 Å². The summed E-state index contributed by atoms with van der Waals surface area (Å²) in [5.74, 6) is 2.20. The Hall–Kier alpha value is -0.590. The van der Waals surface area contributed by atoms with E-state index in [4.69, 9.17) is 15.0 Å². The lowest BCUT2D eigenvalue weighted by Crippen LogP contribution is -2.32. The minimum atomic E-state index is -0.362. The molecule has 1 fully saturated rings. The first-order valence-corrected chi connectivity index (χ1v) is 8.25. The molecule has 2 rings (SSSR count). The van der Waals surface area contributed by atoms with Crippen LogP contribution >= 0.6 is 11.8 Å². The number of rotatable bonds is 6. The Morgan fingerprint density at radius 1 is 1.42 bits per heavy atom. The molecule has 19 heavy (non-hydrogen) atoms. The minimum Gasteiger partial charge on any atom is -0.370 e. The van der Waals surface area contributed by atoms with E-state index in [-0.39, 0.29) is 11.6 Å². The molecule has 0 aliphatic heterocycles. The van der Waals surface area contributed by atoms with Crippen LogP contribution in [0.1, 0.15) is 56.3 Å². The molecule has 0 radical (unpaired) electrons. The lowest BCUT2D eigenvalue weighted by Gasteiger charge is -2.32. The van der Waals surface area contributed by atoms with E-state index < -0.39 is 0 Å². The summed E-state index contributed by atoms with van der Waals surface area (Å²) in [4.78, 5) is 4.49. The molecule has 1 saturated carbocycles. The second-order valence-corrected chi connectivity index (χ2v) is 6.09. The van der Waals surface area contributed by atoms with Gasteiger partial charge in [-0.1, -0.05) is 24.4 Å². The van der Waals surface area contributed by atoms with Crippen molar-refractivity contribution in [2.45, 2.75) is 50.2 Å².